The molecule has 0 saturated heterocycles. The molecule has 58 valence electrons. The third-order valence-corrected chi connectivity index (χ3v) is 2.28. The summed E-state index contributed by atoms with van der Waals surface area (Å²) in [6, 6.07) is 0.247. The van der Waals surface area contributed by atoms with Crippen LogP contribution in [-0.2, 0) is 0 Å². The predicted octanol–water partition coefficient (Wildman–Crippen LogP) is 1.92. The van der Waals surface area contributed by atoms with Crippen molar-refractivity contribution in [2.45, 2.75) is 25.3 Å². The topological polar surface area (TPSA) is 26.0 Å². The van der Waals surface area contributed by atoms with Crippen LogP contribution in [0, 0.1) is 0 Å². The summed E-state index contributed by atoms with van der Waals surface area (Å²) in [6.45, 7) is 0. The lowest BCUT2D eigenvalue weighted by molar-refractivity contribution is 0.792. The van der Waals surface area contributed by atoms with E-state index < -0.39 is 0 Å². The van der Waals surface area contributed by atoms with E-state index in [1.165, 1.54) is 24.0 Å². The molecular formula is C10H13N. The van der Waals surface area contributed by atoms with Crippen LogP contribution in [0.25, 0.3) is 0 Å². The molecule has 1 unspecified atom stereocenters. The number of hydrogen-bond acceptors (Lipinski definition) is 1. The Morgan fingerprint density at radius 1 is 1.45 bits per heavy atom. The Balaban J connectivity index is 2.31. The van der Waals surface area contributed by atoms with Gasteiger partial charge in [0.2, 0.25) is 0 Å². The fourth-order valence-corrected chi connectivity index (χ4v) is 1.66. The van der Waals surface area contributed by atoms with E-state index in [1.54, 1.807) is 0 Å². The fourth-order valence-electron chi connectivity index (χ4n) is 1.66. The van der Waals surface area contributed by atoms with Gasteiger partial charge in [-0.1, -0.05) is 24.3 Å². The van der Waals surface area contributed by atoms with Gasteiger partial charge in [0.25, 0.3) is 0 Å². The molecule has 1 nitrogen and oxygen atoms in total. The lowest BCUT2D eigenvalue weighted by Gasteiger charge is -2.19. The van der Waals surface area contributed by atoms with Crippen LogP contribution in [0.3, 0.4) is 0 Å². The largest absolute Gasteiger partial charge is 0.324 e. The highest BCUT2D eigenvalue weighted by atomic mass is 14.6. The first-order valence-electron chi connectivity index (χ1n) is 4.19. The van der Waals surface area contributed by atoms with Gasteiger partial charge in [-0.15, -0.1) is 0 Å². The van der Waals surface area contributed by atoms with Crippen molar-refractivity contribution in [3.8, 4) is 0 Å². The van der Waals surface area contributed by atoms with Gasteiger partial charge < -0.3 is 5.73 Å². The summed E-state index contributed by atoms with van der Waals surface area (Å²) < 4.78 is 0. The van der Waals surface area contributed by atoms with Crippen molar-refractivity contribution in [2.75, 3.05) is 0 Å². The monoisotopic (exact) mass is 147 g/mol. The van der Waals surface area contributed by atoms with Crippen molar-refractivity contribution in [3.63, 3.8) is 0 Å². The lowest BCUT2D eigenvalue weighted by atomic mass is 9.88. The summed E-state index contributed by atoms with van der Waals surface area (Å²) in [4.78, 5) is 0. The van der Waals surface area contributed by atoms with Crippen molar-refractivity contribution in [1.29, 1.82) is 0 Å². The van der Waals surface area contributed by atoms with E-state index in [4.69, 9.17) is 5.73 Å². The van der Waals surface area contributed by atoms with Crippen molar-refractivity contribution in [2.24, 2.45) is 5.73 Å². The molecule has 2 aliphatic carbocycles. The zero-order valence-electron chi connectivity index (χ0n) is 6.59. The van der Waals surface area contributed by atoms with Crippen LogP contribution in [0.15, 0.2) is 35.5 Å². The Hall–Kier alpha value is -0.820. The van der Waals surface area contributed by atoms with E-state index >= 15 is 0 Å². The highest BCUT2D eigenvalue weighted by Crippen LogP contribution is 2.27. The van der Waals surface area contributed by atoms with Crippen LogP contribution in [0.2, 0.25) is 0 Å². The Morgan fingerprint density at radius 2 is 2.36 bits per heavy atom. The summed E-state index contributed by atoms with van der Waals surface area (Å²) in [5, 5.41) is 0. The van der Waals surface area contributed by atoms with Crippen LogP contribution < -0.4 is 5.73 Å². The van der Waals surface area contributed by atoms with Gasteiger partial charge in [-0.2, -0.15) is 0 Å². The fraction of sp³-hybridized carbons (Fsp3) is 0.400. The first-order chi connectivity index (χ1) is 5.36. The zero-order chi connectivity index (χ0) is 7.68. The summed E-state index contributed by atoms with van der Waals surface area (Å²) in [5.74, 6) is 0. The van der Waals surface area contributed by atoms with Crippen LogP contribution in [-0.4, -0.2) is 6.04 Å². The van der Waals surface area contributed by atoms with Crippen LogP contribution >= 0.6 is 0 Å². The molecular weight excluding hydrogens is 134 g/mol. The lowest BCUT2D eigenvalue weighted by Crippen LogP contribution is -2.19. The van der Waals surface area contributed by atoms with Gasteiger partial charge in [0.05, 0.1) is 0 Å². The van der Waals surface area contributed by atoms with Crippen molar-refractivity contribution < 1.29 is 0 Å². The quantitative estimate of drug-likeness (QED) is 0.556. The van der Waals surface area contributed by atoms with E-state index in [-0.39, 0.29) is 6.04 Å². The van der Waals surface area contributed by atoms with Crippen LogP contribution in [0.5, 0.6) is 0 Å². The van der Waals surface area contributed by atoms with E-state index in [2.05, 4.69) is 24.3 Å². The SMILES string of the molecule is NC1C=C2C=CCCC2=CC1. The summed E-state index contributed by atoms with van der Waals surface area (Å²) in [6.07, 6.45) is 12.3. The molecule has 0 aromatic carbocycles. The third kappa shape index (κ3) is 1.29. The second-order valence-corrected chi connectivity index (χ2v) is 3.19. The molecule has 11 heavy (non-hydrogen) atoms. The molecule has 0 spiro atoms. The van der Waals surface area contributed by atoms with Gasteiger partial charge in [-0.05, 0) is 30.4 Å². The van der Waals surface area contributed by atoms with Crippen molar-refractivity contribution >= 4 is 0 Å². The number of allylic oxidation sites excluding steroid dienone is 4. The minimum absolute atomic E-state index is 0.247. The predicted molar refractivity (Wildman–Crippen MR) is 47.1 cm³/mol. The Kier molecular flexibility index (Phi) is 1.66. The smallest absolute Gasteiger partial charge is 0.0267 e. The van der Waals surface area contributed by atoms with Crippen molar-refractivity contribution in [3.05, 3.63) is 35.5 Å². The first-order valence-corrected chi connectivity index (χ1v) is 4.19. The van der Waals surface area contributed by atoms with Gasteiger partial charge in [-0.3, -0.25) is 0 Å². The molecule has 1 atom stereocenters. The first kappa shape index (κ1) is 6.86. The maximum atomic E-state index is 5.79. The number of rotatable bonds is 0. The van der Waals surface area contributed by atoms with E-state index in [0.29, 0.717) is 0 Å². The summed E-state index contributed by atoms with van der Waals surface area (Å²) >= 11 is 0. The second kappa shape index (κ2) is 2.67. The number of fused-ring (bicyclic) bond motifs is 1. The molecule has 0 bridgehead atoms. The van der Waals surface area contributed by atoms with Gasteiger partial charge >= 0.3 is 0 Å². The molecule has 1 heteroatoms. The van der Waals surface area contributed by atoms with E-state index in [9.17, 15) is 0 Å². The van der Waals surface area contributed by atoms with Gasteiger partial charge in [0.15, 0.2) is 0 Å². The molecule has 2 rings (SSSR count). The molecule has 0 aromatic rings. The van der Waals surface area contributed by atoms with Gasteiger partial charge in [-0.25, -0.2) is 0 Å². The molecule has 0 fully saturated rings. The van der Waals surface area contributed by atoms with Crippen LogP contribution in [0.1, 0.15) is 19.3 Å². The number of hydrogen-bond donors (Lipinski definition) is 1. The van der Waals surface area contributed by atoms with Crippen LogP contribution in [0.4, 0.5) is 0 Å². The standard InChI is InChI=1S/C10H13N/c11-10-6-5-8-3-1-2-4-9(8)7-10/h2,4-5,7,10H,1,3,6,11H2. The minimum Gasteiger partial charge on any atom is -0.324 e. The molecule has 2 N–H and O–H groups in total. The highest BCUT2D eigenvalue weighted by Gasteiger charge is 2.12. The molecule has 0 aliphatic heterocycles. The maximum absolute atomic E-state index is 5.79. The molecule has 0 aromatic heterocycles. The molecule has 0 heterocycles. The number of nitrogens with two attached hydrogens (primary N) is 1. The van der Waals surface area contributed by atoms with Crippen molar-refractivity contribution in [1.82, 2.24) is 0 Å². The Bertz CT molecular complexity index is 246. The van der Waals surface area contributed by atoms with Gasteiger partial charge in [0, 0.05) is 6.04 Å². The molecule has 0 amide bonds. The average Bonchev–Trinajstić information content (AvgIpc) is 2.04. The Morgan fingerprint density at radius 3 is 3.27 bits per heavy atom. The van der Waals surface area contributed by atoms with E-state index in [0.717, 1.165) is 6.42 Å². The minimum atomic E-state index is 0.247. The molecule has 0 radical (unpaired) electrons. The van der Waals surface area contributed by atoms with Gasteiger partial charge in [0.1, 0.15) is 0 Å². The highest BCUT2D eigenvalue weighted by molar-refractivity contribution is 5.45. The summed E-state index contributed by atoms with van der Waals surface area (Å²) in [5.41, 5.74) is 8.64. The Labute approximate surface area is 67.3 Å². The molecule has 2 aliphatic rings. The summed E-state index contributed by atoms with van der Waals surface area (Å²) in [7, 11) is 0. The van der Waals surface area contributed by atoms with E-state index in [1.807, 2.05) is 0 Å². The normalized spacial score (nSPS) is 29.0. The molecule has 0 saturated carbocycles. The second-order valence-electron chi connectivity index (χ2n) is 3.19. The average molecular weight is 147 g/mol. The zero-order valence-corrected chi connectivity index (χ0v) is 6.59. The maximum Gasteiger partial charge on any atom is 0.0267 e. The third-order valence-electron chi connectivity index (χ3n) is 2.28.